The Morgan fingerprint density at radius 1 is 1.34 bits per heavy atom. The molecule has 0 radical (unpaired) electrons. The van der Waals surface area contributed by atoms with Gasteiger partial charge in [-0.1, -0.05) is 51.4 Å². The zero-order chi connectivity index (χ0) is 21.0. The van der Waals surface area contributed by atoms with Crippen molar-refractivity contribution in [3.8, 4) is 6.07 Å². The zero-order valence-electron chi connectivity index (χ0n) is 15.5. The molecule has 0 fully saturated rings. The van der Waals surface area contributed by atoms with Gasteiger partial charge in [0.1, 0.15) is 0 Å². The fourth-order valence-electron chi connectivity index (χ4n) is 2.97. The number of nitrogens with zero attached hydrogens (tertiary/aromatic N) is 1. The summed E-state index contributed by atoms with van der Waals surface area (Å²) in [7, 11) is 0. The Hall–Kier alpha value is -2.27. The first-order chi connectivity index (χ1) is 13.9. The van der Waals surface area contributed by atoms with Crippen LogP contribution in [0, 0.1) is 18.3 Å². The number of nitriles is 1. The van der Waals surface area contributed by atoms with Crippen LogP contribution in [0.25, 0.3) is 0 Å². The molecule has 2 aromatic rings. The first kappa shape index (κ1) is 21.4. The minimum Gasteiger partial charge on any atom is -0.325 e. The highest BCUT2D eigenvalue weighted by atomic mass is 79.9. The van der Waals surface area contributed by atoms with E-state index in [0.29, 0.717) is 21.3 Å². The topological polar surface area (TPSA) is 82.0 Å². The van der Waals surface area contributed by atoms with Crippen molar-refractivity contribution in [3.63, 3.8) is 0 Å². The second-order valence-electron chi connectivity index (χ2n) is 6.51. The smallest absolute Gasteiger partial charge is 0.234 e. The molecule has 0 bridgehead atoms. The summed E-state index contributed by atoms with van der Waals surface area (Å²) >= 11 is 10.5. The maximum Gasteiger partial charge on any atom is 0.234 e. The minimum atomic E-state index is -0.356. The van der Waals surface area contributed by atoms with Crippen molar-refractivity contribution in [2.24, 2.45) is 0 Å². The lowest BCUT2D eigenvalue weighted by Gasteiger charge is -2.25. The molecule has 0 aliphatic carbocycles. The molecule has 2 amide bonds. The van der Waals surface area contributed by atoms with E-state index in [-0.39, 0.29) is 29.9 Å². The summed E-state index contributed by atoms with van der Waals surface area (Å²) < 4.78 is 0.965. The first-order valence-electron chi connectivity index (χ1n) is 8.75. The number of amides is 2. The molecule has 0 aromatic heterocycles. The van der Waals surface area contributed by atoms with Gasteiger partial charge < -0.3 is 10.6 Å². The van der Waals surface area contributed by atoms with Crippen LogP contribution in [0.3, 0.4) is 0 Å². The number of hydrogen-bond acceptors (Lipinski definition) is 4. The first-order valence-corrected chi connectivity index (χ1v) is 10.9. The van der Waals surface area contributed by atoms with E-state index >= 15 is 0 Å². The number of nitrogens with one attached hydrogen (secondary N) is 2. The minimum absolute atomic E-state index is 0.0727. The summed E-state index contributed by atoms with van der Waals surface area (Å²) in [4.78, 5) is 24.5. The van der Waals surface area contributed by atoms with Gasteiger partial charge in [-0.15, -0.1) is 0 Å². The molecule has 148 valence electrons. The van der Waals surface area contributed by atoms with E-state index in [9.17, 15) is 14.9 Å². The normalized spacial score (nSPS) is 16.2. The summed E-state index contributed by atoms with van der Waals surface area (Å²) in [5.41, 5.74) is 2.99. The van der Waals surface area contributed by atoms with Gasteiger partial charge in [0.25, 0.3) is 0 Å². The molecule has 5 nitrogen and oxygen atoms in total. The van der Waals surface area contributed by atoms with Gasteiger partial charge in [-0.3, -0.25) is 9.59 Å². The van der Waals surface area contributed by atoms with Crippen LogP contribution >= 0.6 is 39.3 Å². The summed E-state index contributed by atoms with van der Waals surface area (Å²) in [6, 6.07) is 14.8. The van der Waals surface area contributed by atoms with Crippen molar-refractivity contribution in [2.45, 2.75) is 19.3 Å². The lowest BCUT2D eigenvalue weighted by Crippen LogP contribution is -2.31. The number of carbonyl (C=O) groups excluding carboxylic acids is 2. The van der Waals surface area contributed by atoms with Gasteiger partial charge in [0.15, 0.2) is 0 Å². The second-order valence-corrected chi connectivity index (χ2v) is 8.79. The van der Waals surface area contributed by atoms with E-state index < -0.39 is 0 Å². The average molecular weight is 491 g/mol. The van der Waals surface area contributed by atoms with Crippen LogP contribution < -0.4 is 10.6 Å². The number of carbonyl (C=O) groups is 2. The highest BCUT2D eigenvalue weighted by Gasteiger charge is 2.29. The number of anilines is 1. The van der Waals surface area contributed by atoms with Crippen LogP contribution in [0.2, 0.25) is 5.02 Å². The highest BCUT2D eigenvalue weighted by molar-refractivity contribution is 9.10. The predicted molar refractivity (Wildman–Crippen MR) is 120 cm³/mol. The zero-order valence-corrected chi connectivity index (χ0v) is 18.6. The largest absolute Gasteiger partial charge is 0.325 e. The fourth-order valence-corrected chi connectivity index (χ4v) is 4.22. The molecule has 1 atom stereocenters. The summed E-state index contributed by atoms with van der Waals surface area (Å²) in [5.74, 6) is -0.686. The second kappa shape index (κ2) is 9.49. The molecular weight excluding hydrogens is 474 g/mol. The molecule has 1 aliphatic rings. The number of thioether (sulfide) groups is 1. The van der Waals surface area contributed by atoms with E-state index in [2.05, 4.69) is 32.6 Å². The van der Waals surface area contributed by atoms with Crippen molar-refractivity contribution in [3.05, 3.63) is 73.7 Å². The molecule has 0 spiro atoms. The molecule has 29 heavy (non-hydrogen) atoms. The quantitative estimate of drug-likeness (QED) is 0.609. The average Bonchev–Trinajstić information content (AvgIpc) is 2.69. The standard InChI is InChI=1S/C21H17BrClN3O2S/c1-12-8-15(6-7-18(12)22)25-20(28)11-29-21-17(10-24)16(9-19(27)26-21)13-2-4-14(23)5-3-13/h2-8,16H,9,11H2,1H3,(H,25,28)(H,26,27)/t16-/m1/s1. The molecule has 0 saturated carbocycles. The molecule has 2 aromatic carbocycles. The van der Waals surface area contributed by atoms with E-state index in [1.807, 2.05) is 31.2 Å². The third-order valence-corrected chi connectivity index (χ3v) is 6.58. The van der Waals surface area contributed by atoms with Gasteiger partial charge in [-0.25, -0.2) is 0 Å². The lowest BCUT2D eigenvalue weighted by molar-refractivity contribution is -0.121. The number of hydrogen-bond donors (Lipinski definition) is 2. The molecule has 0 saturated heterocycles. The Morgan fingerprint density at radius 3 is 2.72 bits per heavy atom. The third kappa shape index (κ3) is 5.41. The molecule has 3 rings (SSSR count). The van der Waals surface area contributed by atoms with Crippen LogP contribution in [0.1, 0.15) is 23.5 Å². The van der Waals surface area contributed by atoms with Gasteiger partial charge in [-0.2, -0.15) is 5.26 Å². The van der Waals surface area contributed by atoms with Crippen molar-refractivity contribution in [2.75, 3.05) is 11.1 Å². The Bertz CT molecular complexity index is 1030. The molecule has 0 unspecified atom stereocenters. The van der Waals surface area contributed by atoms with Crippen LogP contribution in [-0.2, 0) is 9.59 Å². The van der Waals surface area contributed by atoms with Crippen LogP contribution in [-0.4, -0.2) is 17.6 Å². The number of halogens is 2. The monoisotopic (exact) mass is 489 g/mol. The van der Waals surface area contributed by atoms with Gasteiger partial charge >= 0.3 is 0 Å². The number of rotatable bonds is 5. The number of benzene rings is 2. The highest BCUT2D eigenvalue weighted by Crippen LogP contribution is 2.36. The van der Waals surface area contributed by atoms with Crippen LogP contribution in [0.5, 0.6) is 0 Å². The van der Waals surface area contributed by atoms with E-state index in [1.165, 1.54) is 0 Å². The van der Waals surface area contributed by atoms with E-state index in [4.69, 9.17) is 11.6 Å². The fraction of sp³-hybridized carbons (Fsp3) is 0.190. The van der Waals surface area contributed by atoms with Crippen LogP contribution in [0.15, 0.2) is 57.5 Å². The van der Waals surface area contributed by atoms with Crippen molar-refractivity contribution < 1.29 is 9.59 Å². The molecule has 1 aliphatic heterocycles. The van der Waals surface area contributed by atoms with E-state index in [0.717, 1.165) is 27.4 Å². The van der Waals surface area contributed by atoms with Gasteiger partial charge in [-0.05, 0) is 48.4 Å². The SMILES string of the molecule is Cc1cc(NC(=O)CSC2=C(C#N)[C@@H](c3ccc(Cl)cc3)CC(=O)N2)ccc1Br. The summed E-state index contributed by atoms with van der Waals surface area (Å²) in [6.45, 7) is 1.94. The van der Waals surface area contributed by atoms with Crippen molar-refractivity contribution in [1.82, 2.24) is 5.32 Å². The van der Waals surface area contributed by atoms with Gasteiger partial charge in [0, 0.05) is 27.5 Å². The summed E-state index contributed by atoms with van der Waals surface area (Å²) in [5, 5.41) is 16.3. The Balaban J connectivity index is 1.74. The summed E-state index contributed by atoms with van der Waals surface area (Å²) in [6.07, 6.45) is 0.180. The number of aryl methyl sites for hydroxylation is 1. The van der Waals surface area contributed by atoms with E-state index in [1.54, 1.807) is 18.2 Å². The maximum absolute atomic E-state index is 12.3. The molecule has 2 N–H and O–H groups in total. The Kier molecular flexibility index (Phi) is 7.01. The third-order valence-electron chi connectivity index (χ3n) is 4.42. The predicted octanol–water partition coefficient (Wildman–Crippen LogP) is 5.12. The maximum atomic E-state index is 12.3. The van der Waals surface area contributed by atoms with Gasteiger partial charge in [0.2, 0.25) is 11.8 Å². The van der Waals surface area contributed by atoms with Crippen LogP contribution in [0.4, 0.5) is 5.69 Å². The Labute approximate surface area is 186 Å². The lowest BCUT2D eigenvalue weighted by atomic mass is 9.87. The molecule has 1 heterocycles. The van der Waals surface area contributed by atoms with Crippen molar-refractivity contribution in [1.29, 1.82) is 5.26 Å². The van der Waals surface area contributed by atoms with Crippen molar-refractivity contribution >= 4 is 56.8 Å². The Morgan fingerprint density at radius 2 is 2.07 bits per heavy atom. The molecular formula is C21H17BrClN3O2S. The van der Waals surface area contributed by atoms with Gasteiger partial charge in [0.05, 0.1) is 22.4 Å². The number of allylic oxidation sites excluding steroid dienone is 1. The molecule has 8 heteroatoms.